The zero-order chi connectivity index (χ0) is 10.2. The average Bonchev–Trinajstić information content (AvgIpc) is 2.25. The molecule has 14 heavy (non-hydrogen) atoms. The van der Waals surface area contributed by atoms with Crippen molar-refractivity contribution < 1.29 is 4.74 Å². The maximum Gasteiger partial charge on any atom is 0.0615 e. The van der Waals surface area contributed by atoms with Crippen LogP contribution in [-0.2, 0) is 4.74 Å². The molecule has 0 bridgehead atoms. The van der Waals surface area contributed by atoms with Crippen LogP contribution < -0.4 is 10.6 Å². The lowest BCUT2D eigenvalue weighted by Crippen LogP contribution is -2.45. The molecule has 0 spiro atoms. The van der Waals surface area contributed by atoms with Crippen molar-refractivity contribution in [3.63, 3.8) is 0 Å². The fourth-order valence-corrected chi connectivity index (χ4v) is 1.93. The van der Waals surface area contributed by atoms with Crippen LogP contribution in [0.2, 0.25) is 0 Å². The Morgan fingerprint density at radius 1 is 1.50 bits per heavy atom. The molecule has 2 N–H and O–H groups in total. The monoisotopic (exact) mass is 200 g/mol. The Morgan fingerprint density at radius 2 is 2.36 bits per heavy atom. The van der Waals surface area contributed by atoms with E-state index in [0.29, 0.717) is 12.1 Å². The van der Waals surface area contributed by atoms with E-state index in [1.165, 1.54) is 25.8 Å². The molecular formula is C11H24N2O. The van der Waals surface area contributed by atoms with Crippen molar-refractivity contribution in [2.75, 3.05) is 26.8 Å². The van der Waals surface area contributed by atoms with Crippen LogP contribution in [0.4, 0.5) is 0 Å². The lowest BCUT2D eigenvalue weighted by molar-refractivity contribution is 0.162. The topological polar surface area (TPSA) is 33.3 Å². The Morgan fingerprint density at radius 3 is 2.93 bits per heavy atom. The first-order valence-corrected chi connectivity index (χ1v) is 5.82. The molecule has 1 aliphatic rings. The third-order valence-corrected chi connectivity index (χ3v) is 2.93. The highest BCUT2D eigenvalue weighted by Crippen LogP contribution is 2.06. The molecule has 1 aliphatic heterocycles. The number of methoxy groups -OCH3 is 1. The average molecular weight is 200 g/mol. The maximum absolute atomic E-state index is 5.15. The number of hydrogen-bond acceptors (Lipinski definition) is 3. The Labute approximate surface area is 87.6 Å². The molecule has 0 aliphatic carbocycles. The van der Waals surface area contributed by atoms with Crippen molar-refractivity contribution in [2.24, 2.45) is 0 Å². The Hall–Kier alpha value is -0.120. The van der Waals surface area contributed by atoms with Crippen LogP contribution in [-0.4, -0.2) is 38.9 Å². The van der Waals surface area contributed by atoms with Gasteiger partial charge in [0, 0.05) is 25.7 Å². The van der Waals surface area contributed by atoms with Crippen LogP contribution in [0.15, 0.2) is 0 Å². The molecule has 3 nitrogen and oxygen atoms in total. The fourth-order valence-electron chi connectivity index (χ4n) is 1.93. The summed E-state index contributed by atoms with van der Waals surface area (Å²) in [6.07, 6.45) is 5.17. The van der Waals surface area contributed by atoms with E-state index >= 15 is 0 Å². The first kappa shape index (κ1) is 12.0. The predicted octanol–water partition coefficient (Wildman–Crippen LogP) is 1.14. The molecule has 0 radical (unpaired) electrons. The third-order valence-electron chi connectivity index (χ3n) is 2.93. The number of ether oxygens (including phenoxy) is 1. The zero-order valence-electron chi connectivity index (χ0n) is 9.51. The first-order valence-electron chi connectivity index (χ1n) is 5.82. The molecule has 0 aromatic heterocycles. The second-order valence-electron chi connectivity index (χ2n) is 4.12. The number of hydrogen-bond donors (Lipinski definition) is 2. The van der Waals surface area contributed by atoms with E-state index in [9.17, 15) is 0 Å². The first-order chi connectivity index (χ1) is 6.86. The molecular weight excluding hydrogens is 176 g/mol. The summed E-state index contributed by atoms with van der Waals surface area (Å²) in [7, 11) is 1.77. The number of nitrogens with one attached hydrogen (secondary N) is 2. The van der Waals surface area contributed by atoms with Gasteiger partial charge in [-0.1, -0.05) is 13.3 Å². The fraction of sp³-hybridized carbons (Fsp3) is 1.00. The minimum absolute atomic E-state index is 0.517. The highest BCUT2D eigenvalue weighted by Gasteiger charge is 2.13. The van der Waals surface area contributed by atoms with Crippen LogP contribution in [0.1, 0.15) is 32.6 Å². The molecule has 0 aromatic carbocycles. The molecule has 1 saturated heterocycles. The van der Waals surface area contributed by atoms with Crippen LogP contribution >= 0.6 is 0 Å². The van der Waals surface area contributed by atoms with E-state index in [0.717, 1.165) is 19.6 Å². The summed E-state index contributed by atoms with van der Waals surface area (Å²) >= 11 is 0. The van der Waals surface area contributed by atoms with Gasteiger partial charge in [-0.15, -0.1) is 0 Å². The Bertz CT molecular complexity index is 130. The van der Waals surface area contributed by atoms with E-state index in [4.69, 9.17) is 4.74 Å². The number of rotatable bonds is 6. The quantitative estimate of drug-likeness (QED) is 0.674. The van der Waals surface area contributed by atoms with E-state index in [-0.39, 0.29) is 0 Å². The molecule has 0 amide bonds. The minimum atomic E-state index is 0.517. The van der Waals surface area contributed by atoms with Gasteiger partial charge in [-0.3, -0.25) is 0 Å². The van der Waals surface area contributed by atoms with E-state index in [2.05, 4.69) is 17.6 Å². The molecule has 84 valence electrons. The van der Waals surface area contributed by atoms with Gasteiger partial charge in [-0.2, -0.15) is 0 Å². The molecule has 0 aromatic rings. The van der Waals surface area contributed by atoms with E-state index in [1.54, 1.807) is 7.11 Å². The molecule has 2 unspecified atom stereocenters. The lowest BCUT2D eigenvalue weighted by atomic mass is 10.0. The van der Waals surface area contributed by atoms with Crippen molar-refractivity contribution >= 4 is 0 Å². The highest BCUT2D eigenvalue weighted by molar-refractivity contribution is 4.76. The van der Waals surface area contributed by atoms with E-state index < -0.39 is 0 Å². The summed E-state index contributed by atoms with van der Waals surface area (Å²) in [6.45, 7) is 5.30. The molecule has 1 fully saturated rings. The van der Waals surface area contributed by atoms with Gasteiger partial charge in [0.2, 0.25) is 0 Å². The second-order valence-corrected chi connectivity index (χ2v) is 4.12. The standard InChI is InChI=1S/C11H24N2O/c1-3-10(9-14-2)13-8-11-6-4-5-7-12-11/h10-13H,3-9H2,1-2H3. The van der Waals surface area contributed by atoms with Gasteiger partial charge in [0.05, 0.1) is 6.61 Å². The summed E-state index contributed by atoms with van der Waals surface area (Å²) in [5, 5.41) is 7.09. The molecule has 2 atom stereocenters. The van der Waals surface area contributed by atoms with Crippen LogP contribution in [0.25, 0.3) is 0 Å². The van der Waals surface area contributed by atoms with Crippen LogP contribution in [0.5, 0.6) is 0 Å². The summed E-state index contributed by atoms with van der Waals surface area (Å²) in [5.74, 6) is 0. The normalized spacial score (nSPS) is 24.9. The SMILES string of the molecule is CCC(COC)NCC1CCCCN1. The van der Waals surface area contributed by atoms with Gasteiger partial charge >= 0.3 is 0 Å². The maximum atomic E-state index is 5.15. The molecule has 3 heteroatoms. The van der Waals surface area contributed by atoms with Crippen molar-refractivity contribution in [3.05, 3.63) is 0 Å². The Balaban J connectivity index is 2.10. The number of piperidine rings is 1. The van der Waals surface area contributed by atoms with Crippen LogP contribution in [0.3, 0.4) is 0 Å². The van der Waals surface area contributed by atoms with E-state index in [1.807, 2.05) is 0 Å². The minimum Gasteiger partial charge on any atom is -0.383 e. The summed E-state index contributed by atoms with van der Waals surface area (Å²) in [5.41, 5.74) is 0. The zero-order valence-corrected chi connectivity index (χ0v) is 9.51. The molecule has 1 rings (SSSR count). The Kier molecular flexibility index (Phi) is 6.15. The van der Waals surface area contributed by atoms with Crippen molar-refractivity contribution in [1.29, 1.82) is 0 Å². The highest BCUT2D eigenvalue weighted by atomic mass is 16.5. The predicted molar refractivity (Wildman–Crippen MR) is 59.6 cm³/mol. The van der Waals surface area contributed by atoms with Gasteiger partial charge in [-0.05, 0) is 25.8 Å². The molecule has 1 heterocycles. The lowest BCUT2D eigenvalue weighted by Gasteiger charge is -2.26. The summed E-state index contributed by atoms with van der Waals surface area (Å²) < 4.78 is 5.15. The summed E-state index contributed by atoms with van der Waals surface area (Å²) in [6, 6.07) is 1.19. The third kappa shape index (κ3) is 4.40. The van der Waals surface area contributed by atoms with Gasteiger partial charge in [-0.25, -0.2) is 0 Å². The second kappa shape index (κ2) is 7.21. The molecule has 0 saturated carbocycles. The van der Waals surface area contributed by atoms with Crippen molar-refractivity contribution in [2.45, 2.75) is 44.7 Å². The van der Waals surface area contributed by atoms with Gasteiger partial charge in [0.15, 0.2) is 0 Å². The smallest absolute Gasteiger partial charge is 0.0615 e. The van der Waals surface area contributed by atoms with Crippen molar-refractivity contribution in [1.82, 2.24) is 10.6 Å². The largest absolute Gasteiger partial charge is 0.383 e. The van der Waals surface area contributed by atoms with Gasteiger partial charge in [0.25, 0.3) is 0 Å². The van der Waals surface area contributed by atoms with Crippen LogP contribution in [0, 0.1) is 0 Å². The van der Waals surface area contributed by atoms with Gasteiger partial charge in [0.1, 0.15) is 0 Å². The van der Waals surface area contributed by atoms with Gasteiger partial charge < -0.3 is 15.4 Å². The summed E-state index contributed by atoms with van der Waals surface area (Å²) in [4.78, 5) is 0. The van der Waals surface area contributed by atoms with Crippen molar-refractivity contribution in [3.8, 4) is 0 Å².